The molecule has 0 rings (SSSR count). The molecule has 0 aliphatic carbocycles. The molecule has 0 bridgehead atoms. The minimum Gasteiger partial charge on any atom is -0.377 e. The summed E-state index contributed by atoms with van der Waals surface area (Å²) >= 11 is 0. The van der Waals surface area contributed by atoms with Gasteiger partial charge < -0.3 is 26.6 Å². The van der Waals surface area contributed by atoms with E-state index in [2.05, 4.69) is 13.8 Å². The first kappa shape index (κ1) is 32.4. The zero-order chi connectivity index (χ0) is 23.1. The van der Waals surface area contributed by atoms with E-state index in [0.29, 0.717) is 0 Å². The molecule has 0 heterocycles. The Morgan fingerprint density at radius 2 is 0.600 bits per heavy atom. The summed E-state index contributed by atoms with van der Waals surface area (Å²) in [4.78, 5) is 0. The molecule has 0 aromatic rings. The van der Waals surface area contributed by atoms with Gasteiger partial charge in [0.2, 0.25) is 0 Å². The third-order valence-corrected chi connectivity index (χ3v) is 11.2. The average molecular weight is 469 g/mol. The molecule has 0 aliphatic rings. The summed E-state index contributed by atoms with van der Waals surface area (Å²) in [5.41, 5.74) is 0. The molecule has 0 N–H and O–H groups in total. The van der Waals surface area contributed by atoms with Gasteiger partial charge in [-0.1, -0.05) is 78.1 Å². The fourth-order valence-electron chi connectivity index (χ4n) is 3.36. The highest BCUT2D eigenvalue weighted by atomic mass is 28.4. The van der Waals surface area contributed by atoms with E-state index in [4.69, 9.17) is 26.6 Å². The molecular weight excluding hydrogens is 416 g/mol. The number of unbranched alkanes of at least 4 members (excludes halogenated alkanes) is 10. The second-order valence-corrected chi connectivity index (χ2v) is 13.8. The second-order valence-electron chi connectivity index (χ2n) is 7.63. The number of rotatable bonds is 20. The summed E-state index contributed by atoms with van der Waals surface area (Å²) in [6.45, 7) is 4.46. The lowest BCUT2D eigenvalue weighted by Crippen LogP contribution is -2.42. The van der Waals surface area contributed by atoms with Gasteiger partial charge in [-0.2, -0.15) is 0 Å². The highest BCUT2D eigenvalue weighted by Gasteiger charge is 2.37. The first-order valence-corrected chi connectivity index (χ1v) is 15.7. The predicted molar refractivity (Wildman–Crippen MR) is 130 cm³/mol. The average Bonchev–Trinajstić information content (AvgIpc) is 2.80. The van der Waals surface area contributed by atoms with Crippen LogP contribution in [0.15, 0.2) is 0 Å². The van der Waals surface area contributed by atoms with Crippen molar-refractivity contribution in [3.63, 3.8) is 0 Å². The van der Waals surface area contributed by atoms with Gasteiger partial charge in [0, 0.05) is 54.7 Å². The van der Waals surface area contributed by atoms with Crippen molar-refractivity contribution in [2.75, 3.05) is 42.7 Å². The first-order chi connectivity index (χ1) is 14.5. The third kappa shape index (κ3) is 15.9. The highest BCUT2D eigenvalue weighted by molar-refractivity contribution is 6.60. The number of hydrogen-bond donors (Lipinski definition) is 0. The zero-order valence-electron chi connectivity index (χ0n) is 21.3. The molecule has 0 aromatic heterocycles. The molecular formula is C22H52O6Si2. The molecule has 0 aliphatic heterocycles. The van der Waals surface area contributed by atoms with Crippen molar-refractivity contribution in [2.45, 2.75) is 103 Å². The summed E-state index contributed by atoms with van der Waals surface area (Å²) < 4.78 is 32.1. The van der Waals surface area contributed by atoms with E-state index in [1.165, 1.54) is 64.2 Å². The van der Waals surface area contributed by atoms with E-state index in [0.717, 1.165) is 24.9 Å². The molecule has 0 unspecified atom stereocenters. The van der Waals surface area contributed by atoms with Crippen molar-refractivity contribution >= 4 is 17.6 Å². The smallest absolute Gasteiger partial charge is 0.377 e. The van der Waals surface area contributed by atoms with Crippen LogP contribution < -0.4 is 0 Å². The van der Waals surface area contributed by atoms with Crippen molar-refractivity contribution in [1.82, 2.24) is 0 Å². The van der Waals surface area contributed by atoms with Crippen LogP contribution in [0.25, 0.3) is 0 Å². The molecule has 0 aromatic carbocycles. The Hall–Kier alpha value is 0.194. The maximum absolute atomic E-state index is 5.39. The molecule has 0 fully saturated rings. The van der Waals surface area contributed by atoms with Crippen LogP contribution in [0.4, 0.5) is 0 Å². The summed E-state index contributed by atoms with van der Waals surface area (Å²) in [6, 6.07) is 1.86. The molecule has 6 nitrogen and oxygen atoms in total. The molecule has 0 amide bonds. The van der Waals surface area contributed by atoms with Gasteiger partial charge in [-0.25, -0.2) is 0 Å². The largest absolute Gasteiger partial charge is 0.500 e. The van der Waals surface area contributed by atoms with E-state index < -0.39 is 17.6 Å². The van der Waals surface area contributed by atoms with Crippen LogP contribution in [-0.4, -0.2) is 60.3 Å². The van der Waals surface area contributed by atoms with Crippen LogP contribution in [0, 0.1) is 0 Å². The van der Waals surface area contributed by atoms with Crippen molar-refractivity contribution in [1.29, 1.82) is 0 Å². The van der Waals surface area contributed by atoms with Gasteiger partial charge >= 0.3 is 17.6 Å². The summed E-state index contributed by atoms with van der Waals surface area (Å²) in [5, 5.41) is 0. The summed E-state index contributed by atoms with van der Waals surface area (Å²) in [5.74, 6) is 0. The van der Waals surface area contributed by atoms with Gasteiger partial charge in [0.25, 0.3) is 0 Å². The maximum Gasteiger partial charge on any atom is 0.500 e. The predicted octanol–water partition coefficient (Wildman–Crippen LogP) is 6.45. The molecule has 0 radical (unpaired) electrons. The lowest BCUT2D eigenvalue weighted by atomic mass is 10.1. The van der Waals surface area contributed by atoms with Gasteiger partial charge in [0.1, 0.15) is 0 Å². The van der Waals surface area contributed by atoms with Gasteiger partial charge in [0.05, 0.1) is 0 Å². The Morgan fingerprint density at radius 3 is 0.867 bits per heavy atom. The molecule has 0 saturated carbocycles. The third-order valence-electron chi connectivity index (χ3n) is 5.54. The Kier molecular flexibility index (Phi) is 24.2. The van der Waals surface area contributed by atoms with Crippen LogP contribution in [0.5, 0.6) is 0 Å². The van der Waals surface area contributed by atoms with E-state index in [-0.39, 0.29) is 0 Å². The van der Waals surface area contributed by atoms with Crippen molar-refractivity contribution in [3.05, 3.63) is 0 Å². The van der Waals surface area contributed by atoms with Crippen LogP contribution in [0.1, 0.15) is 90.9 Å². The van der Waals surface area contributed by atoms with E-state index >= 15 is 0 Å². The van der Waals surface area contributed by atoms with Crippen LogP contribution in [0.2, 0.25) is 12.1 Å². The van der Waals surface area contributed by atoms with E-state index in [1.54, 1.807) is 42.7 Å². The topological polar surface area (TPSA) is 55.4 Å². The maximum atomic E-state index is 5.39. The zero-order valence-corrected chi connectivity index (χ0v) is 23.3. The SMILES string of the molecule is CCCCCCCCCC[Si](OC)(OC)OC.CCCCCC[Si](OC)(OC)OC. The molecule has 30 heavy (non-hydrogen) atoms. The monoisotopic (exact) mass is 468 g/mol. The lowest BCUT2D eigenvalue weighted by molar-refractivity contribution is 0.122. The van der Waals surface area contributed by atoms with Gasteiger partial charge in [-0.15, -0.1) is 0 Å². The quantitative estimate of drug-likeness (QED) is 0.151. The van der Waals surface area contributed by atoms with E-state index in [9.17, 15) is 0 Å². The Morgan fingerprint density at radius 1 is 0.367 bits per heavy atom. The normalized spacial score (nSPS) is 12.0. The van der Waals surface area contributed by atoms with Crippen LogP contribution in [-0.2, 0) is 26.6 Å². The fourth-order valence-corrected chi connectivity index (χ4v) is 6.95. The van der Waals surface area contributed by atoms with E-state index in [1.807, 2.05) is 0 Å². The van der Waals surface area contributed by atoms with Gasteiger partial charge in [-0.3, -0.25) is 0 Å². The standard InChI is InChI=1S/C13H30O3Si.C9H22O3Si/c1-5-6-7-8-9-10-11-12-13-17(14-2,15-3)16-4;1-5-6-7-8-9-13(10-2,11-3)12-4/h5-13H2,1-4H3;5-9H2,1-4H3. The second kappa shape index (κ2) is 22.4. The van der Waals surface area contributed by atoms with Crippen LogP contribution in [0.3, 0.4) is 0 Å². The van der Waals surface area contributed by atoms with Gasteiger partial charge in [-0.05, 0) is 12.8 Å². The van der Waals surface area contributed by atoms with Crippen molar-refractivity contribution in [2.24, 2.45) is 0 Å². The lowest BCUT2D eigenvalue weighted by Gasteiger charge is -2.24. The van der Waals surface area contributed by atoms with Crippen molar-refractivity contribution in [3.8, 4) is 0 Å². The molecule has 0 saturated heterocycles. The minimum atomic E-state index is -2.30. The Bertz CT molecular complexity index is 323. The number of hydrogen-bond acceptors (Lipinski definition) is 6. The highest BCUT2D eigenvalue weighted by Crippen LogP contribution is 2.19. The summed E-state index contributed by atoms with van der Waals surface area (Å²) in [6.07, 6.45) is 15.5. The summed E-state index contributed by atoms with van der Waals surface area (Å²) in [7, 11) is 5.48. The minimum absolute atomic E-state index is 0.927. The Balaban J connectivity index is 0. The first-order valence-electron chi connectivity index (χ1n) is 11.8. The van der Waals surface area contributed by atoms with Crippen molar-refractivity contribution < 1.29 is 26.6 Å². The van der Waals surface area contributed by atoms with Gasteiger partial charge in [0.15, 0.2) is 0 Å². The molecule has 184 valence electrons. The fraction of sp³-hybridized carbons (Fsp3) is 1.00. The molecule has 8 heteroatoms. The van der Waals surface area contributed by atoms with Crippen LogP contribution >= 0.6 is 0 Å². The molecule has 0 atom stereocenters. The molecule has 0 spiro atoms. The Labute approximate surface area is 190 Å².